The fourth-order valence-electron chi connectivity index (χ4n) is 2.63. The molecular weight excluding hydrogens is 301 g/mol. The first kappa shape index (κ1) is 16.9. The number of benzene rings is 1. The Morgan fingerprint density at radius 1 is 1.22 bits per heavy atom. The van der Waals surface area contributed by atoms with Crippen LogP contribution >= 0.6 is 0 Å². The first-order valence-electron chi connectivity index (χ1n) is 7.51. The van der Waals surface area contributed by atoms with Crippen molar-refractivity contribution in [2.75, 3.05) is 19.6 Å². The predicted molar refractivity (Wildman–Crippen MR) is 81.9 cm³/mol. The molecule has 1 aliphatic heterocycles. The van der Waals surface area contributed by atoms with E-state index < -0.39 is 23.3 Å². The largest absolute Gasteiger partial charge is 0.342 e. The molecule has 0 radical (unpaired) electrons. The van der Waals surface area contributed by atoms with E-state index in [1.54, 1.807) is 11.8 Å². The lowest BCUT2D eigenvalue weighted by Gasteiger charge is -2.23. The highest BCUT2D eigenvalue weighted by Crippen LogP contribution is 2.28. The number of nitrogens with zero attached hydrogens (tertiary/aromatic N) is 2. The normalized spacial score (nSPS) is 20.6. The second-order valence-corrected chi connectivity index (χ2v) is 5.52. The van der Waals surface area contributed by atoms with Crippen LogP contribution in [0.5, 0.6) is 0 Å². The van der Waals surface area contributed by atoms with Crippen LogP contribution in [0, 0.1) is 5.82 Å². The van der Waals surface area contributed by atoms with Gasteiger partial charge < -0.3 is 10.2 Å². The van der Waals surface area contributed by atoms with Gasteiger partial charge in [-0.05, 0) is 38.5 Å². The Kier molecular flexibility index (Phi) is 4.68. The van der Waals surface area contributed by atoms with E-state index in [1.165, 1.54) is 24.3 Å². The van der Waals surface area contributed by atoms with Crippen molar-refractivity contribution >= 4 is 17.8 Å². The van der Waals surface area contributed by atoms with E-state index in [0.29, 0.717) is 18.7 Å². The van der Waals surface area contributed by atoms with E-state index in [2.05, 4.69) is 5.32 Å². The summed E-state index contributed by atoms with van der Waals surface area (Å²) in [6.45, 7) is 5.92. The molecule has 1 heterocycles. The molecule has 0 saturated carbocycles. The Bertz CT molecular complexity index is 628. The van der Waals surface area contributed by atoms with Gasteiger partial charge in [-0.15, -0.1) is 0 Å². The number of amides is 4. The van der Waals surface area contributed by atoms with Crippen LogP contribution in [0.4, 0.5) is 9.18 Å². The van der Waals surface area contributed by atoms with E-state index in [-0.39, 0.29) is 12.5 Å². The van der Waals surface area contributed by atoms with Crippen molar-refractivity contribution in [3.8, 4) is 0 Å². The number of carbonyl (C=O) groups excluding carboxylic acids is 3. The molecule has 1 fully saturated rings. The minimum atomic E-state index is -1.30. The van der Waals surface area contributed by atoms with E-state index in [1.807, 2.05) is 13.8 Å². The van der Waals surface area contributed by atoms with Crippen LogP contribution in [0.15, 0.2) is 24.3 Å². The summed E-state index contributed by atoms with van der Waals surface area (Å²) in [5.74, 6) is -1.24. The van der Waals surface area contributed by atoms with Crippen LogP contribution in [-0.2, 0) is 15.1 Å². The summed E-state index contributed by atoms with van der Waals surface area (Å²) >= 11 is 0. The summed E-state index contributed by atoms with van der Waals surface area (Å²) in [6, 6.07) is 4.72. The molecule has 0 spiro atoms. The van der Waals surface area contributed by atoms with E-state index >= 15 is 0 Å². The smallest absolute Gasteiger partial charge is 0.325 e. The number of nitrogens with one attached hydrogen (secondary N) is 1. The zero-order valence-electron chi connectivity index (χ0n) is 13.4. The molecule has 1 aromatic rings. The molecule has 0 aromatic heterocycles. The van der Waals surface area contributed by atoms with E-state index in [0.717, 1.165) is 4.90 Å². The summed E-state index contributed by atoms with van der Waals surface area (Å²) in [6.07, 6.45) is 0. The summed E-state index contributed by atoms with van der Waals surface area (Å²) in [5, 5.41) is 2.59. The fraction of sp³-hybridized carbons (Fsp3) is 0.438. The van der Waals surface area contributed by atoms with Crippen molar-refractivity contribution in [3.05, 3.63) is 35.6 Å². The summed E-state index contributed by atoms with van der Waals surface area (Å²) in [7, 11) is 0. The number of hydrogen-bond donors (Lipinski definition) is 1. The summed E-state index contributed by atoms with van der Waals surface area (Å²) in [5.41, 5.74) is -0.830. The highest BCUT2D eigenvalue weighted by Gasteiger charge is 2.49. The van der Waals surface area contributed by atoms with Crippen molar-refractivity contribution in [2.45, 2.75) is 26.3 Å². The lowest BCUT2D eigenvalue weighted by atomic mass is 9.92. The number of imide groups is 1. The molecule has 1 aliphatic rings. The molecule has 6 nitrogen and oxygen atoms in total. The number of rotatable bonds is 5. The van der Waals surface area contributed by atoms with Crippen molar-refractivity contribution in [1.82, 2.24) is 15.1 Å². The third-order valence-corrected chi connectivity index (χ3v) is 4.11. The zero-order valence-corrected chi connectivity index (χ0v) is 13.4. The van der Waals surface area contributed by atoms with Gasteiger partial charge in [0.2, 0.25) is 5.91 Å². The minimum absolute atomic E-state index is 0.290. The van der Waals surface area contributed by atoms with Gasteiger partial charge >= 0.3 is 6.03 Å². The van der Waals surface area contributed by atoms with Crippen molar-refractivity contribution in [1.29, 1.82) is 0 Å². The maximum absolute atomic E-state index is 13.1. The minimum Gasteiger partial charge on any atom is -0.342 e. The van der Waals surface area contributed by atoms with E-state index in [9.17, 15) is 18.8 Å². The lowest BCUT2D eigenvalue weighted by Crippen LogP contribution is -2.44. The number of likely N-dealkylation sites (N-methyl/N-ethyl adjacent to an activating group) is 1. The van der Waals surface area contributed by atoms with Gasteiger partial charge in [-0.1, -0.05) is 12.1 Å². The second kappa shape index (κ2) is 6.36. The van der Waals surface area contributed by atoms with Crippen LogP contribution in [0.1, 0.15) is 26.3 Å². The van der Waals surface area contributed by atoms with Gasteiger partial charge in [0.1, 0.15) is 17.9 Å². The highest BCUT2D eigenvalue weighted by atomic mass is 19.1. The lowest BCUT2D eigenvalue weighted by molar-refractivity contribution is -0.138. The molecule has 2 rings (SSSR count). The average Bonchev–Trinajstić information content (AvgIpc) is 2.73. The molecule has 1 aromatic carbocycles. The van der Waals surface area contributed by atoms with Gasteiger partial charge in [0.05, 0.1) is 0 Å². The first-order valence-corrected chi connectivity index (χ1v) is 7.51. The van der Waals surface area contributed by atoms with Gasteiger partial charge in [-0.25, -0.2) is 9.18 Å². The Labute approximate surface area is 134 Å². The molecular formula is C16H20FN3O3. The maximum Gasteiger partial charge on any atom is 0.325 e. The Morgan fingerprint density at radius 2 is 1.78 bits per heavy atom. The second-order valence-electron chi connectivity index (χ2n) is 5.52. The topological polar surface area (TPSA) is 69.7 Å². The van der Waals surface area contributed by atoms with Crippen LogP contribution in [0.25, 0.3) is 0 Å². The number of hydrogen-bond acceptors (Lipinski definition) is 3. The Balaban J connectivity index is 2.22. The SMILES string of the molecule is CCN(CC)C(=O)CN1C(=O)N[C@](C)(c2ccc(F)cc2)C1=O. The van der Waals surface area contributed by atoms with Crippen LogP contribution in [0.3, 0.4) is 0 Å². The molecule has 0 unspecified atom stereocenters. The number of halogens is 1. The van der Waals surface area contributed by atoms with Crippen molar-refractivity contribution < 1.29 is 18.8 Å². The molecule has 23 heavy (non-hydrogen) atoms. The third kappa shape index (κ3) is 3.04. The van der Waals surface area contributed by atoms with Crippen LogP contribution in [-0.4, -0.2) is 47.3 Å². The molecule has 7 heteroatoms. The fourth-order valence-corrected chi connectivity index (χ4v) is 2.63. The Hall–Kier alpha value is -2.44. The molecule has 1 saturated heterocycles. The zero-order chi connectivity index (χ0) is 17.2. The summed E-state index contributed by atoms with van der Waals surface area (Å²) in [4.78, 5) is 39.4. The highest BCUT2D eigenvalue weighted by molar-refractivity contribution is 6.09. The van der Waals surface area contributed by atoms with Gasteiger partial charge in [-0.2, -0.15) is 0 Å². The van der Waals surface area contributed by atoms with E-state index in [4.69, 9.17) is 0 Å². The van der Waals surface area contributed by atoms with Gasteiger partial charge in [-0.3, -0.25) is 14.5 Å². The monoisotopic (exact) mass is 321 g/mol. The molecule has 0 aliphatic carbocycles. The van der Waals surface area contributed by atoms with Crippen LogP contribution < -0.4 is 5.32 Å². The predicted octanol–water partition coefficient (Wildman–Crippen LogP) is 1.46. The number of urea groups is 1. The average molecular weight is 321 g/mol. The third-order valence-electron chi connectivity index (χ3n) is 4.11. The van der Waals surface area contributed by atoms with Gasteiger partial charge in [0.15, 0.2) is 0 Å². The molecule has 1 atom stereocenters. The standard InChI is InChI=1S/C16H20FN3O3/c1-4-19(5-2)13(21)10-20-14(22)16(3,18-15(20)23)11-6-8-12(17)9-7-11/h6-9H,4-5,10H2,1-3H3,(H,18,23)/t16-/m1/s1. The van der Waals surface area contributed by atoms with Crippen molar-refractivity contribution in [3.63, 3.8) is 0 Å². The molecule has 0 bridgehead atoms. The Morgan fingerprint density at radius 3 is 2.30 bits per heavy atom. The molecule has 4 amide bonds. The summed E-state index contributed by atoms with van der Waals surface area (Å²) < 4.78 is 13.1. The first-order chi connectivity index (χ1) is 10.8. The molecule has 1 N–H and O–H groups in total. The van der Waals surface area contributed by atoms with Gasteiger partial charge in [0.25, 0.3) is 5.91 Å². The quantitative estimate of drug-likeness (QED) is 0.835. The van der Waals surface area contributed by atoms with Gasteiger partial charge in [0, 0.05) is 13.1 Å². The maximum atomic E-state index is 13.1. The van der Waals surface area contributed by atoms with Crippen LogP contribution in [0.2, 0.25) is 0 Å². The van der Waals surface area contributed by atoms with Crippen molar-refractivity contribution in [2.24, 2.45) is 0 Å². The number of carbonyl (C=O) groups is 3. The molecule has 124 valence electrons.